The van der Waals surface area contributed by atoms with Crippen LogP contribution in [0.4, 0.5) is 0 Å². The van der Waals surface area contributed by atoms with Crippen molar-refractivity contribution in [3.8, 4) is 11.5 Å². The number of benzene rings is 2. The summed E-state index contributed by atoms with van der Waals surface area (Å²) < 4.78 is 15.9. The molecule has 0 N–H and O–H groups in total. The smallest absolute Gasteiger partial charge is 0.349 e. The Bertz CT molecular complexity index is 1090. The molecule has 1 aliphatic heterocycles. The second-order valence-electron chi connectivity index (χ2n) is 6.44. The van der Waals surface area contributed by atoms with Crippen LogP contribution >= 0.6 is 0 Å². The van der Waals surface area contributed by atoms with E-state index in [-0.39, 0.29) is 11.5 Å². The lowest BCUT2D eigenvalue weighted by Crippen LogP contribution is -2.38. The van der Waals surface area contributed by atoms with Gasteiger partial charge in [0.2, 0.25) is 0 Å². The van der Waals surface area contributed by atoms with Gasteiger partial charge in [-0.2, -0.15) is 0 Å². The Balaban J connectivity index is 1.67. The van der Waals surface area contributed by atoms with Gasteiger partial charge < -0.3 is 18.8 Å². The Morgan fingerprint density at radius 1 is 1.07 bits per heavy atom. The van der Waals surface area contributed by atoms with E-state index in [0.29, 0.717) is 36.2 Å². The lowest BCUT2D eigenvalue weighted by Gasteiger charge is -2.29. The summed E-state index contributed by atoms with van der Waals surface area (Å²) in [6.45, 7) is 0.988. The molecule has 1 aliphatic rings. The second kappa shape index (κ2) is 6.79. The van der Waals surface area contributed by atoms with E-state index in [1.807, 2.05) is 18.2 Å². The van der Waals surface area contributed by atoms with E-state index in [1.54, 1.807) is 36.3 Å². The van der Waals surface area contributed by atoms with Crippen molar-refractivity contribution >= 4 is 16.9 Å². The van der Waals surface area contributed by atoms with Crippen LogP contribution in [0.15, 0.2) is 51.7 Å². The van der Waals surface area contributed by atoms with E-state index >= 15 is 0 Å². The monoisotopic (exact) mass is 365 g/mol. The molecule has 0 fully saturated rings. The van der Waals surface area contributed by atoms with Gasteiger partial charge in [-0.05, 0) is 41.8 Å². The average Bonchev–Trinajstić information content (AvgIpc) is 2.71. The maximum atomic E-state index is 13.0. The van der Waals surface area contributed by atoms with E-state index in [2.05, 4.69) is 0 Å². The van der Waals surface area contributed by atoms with Crippen molar-refractivity contribution in [2.75, 3.05) is 20.8 Å². The molecule has 4 rings (SSSR count). The van der Waals surface area contributed by atoms with Crippen molar-refractivity contribution in [2.45, 2.75) is 13.0 Å². The normalized spacial score (nSPS) is 13.3. The Kier molecular flexibility index (Phi) is 4.32. The summed E-state index contributed by atoms with van der Waals surface area (Å²) in [4.78, 5) is 27.1. The van der Waals surface area contributed by atoms with Gasteiger partial charge in [0.05, 0.1) is 14.2 Å². The highest BCUT2D eigenvalue weighted by Gasteiger charge is 2.25. The molecule has 0 bridgehead atoms. The maximum absolute atomic E-state index is 13.0. The molecular formula is C21H19NO5. The minimum Gasteiger partial charge on any atom is -0.497 e. The van der Waals surface area contributed by atoms with Crippen LogP contribution in [0.3, 0.4) is 0 Å². The highest BCUT2D eigenvalue weighted by atomic mass is 16.5. The molecular weight excluding hydrogens is 346 g/mol. The predicted molar refractivity (Wildman–Crippen MR) is 100 cm³/mol. The number of hydrogen-bond donors (Lipinski definition) is 0. The fourth-order valence-corrected chi connectivity index (χ4v) is 3.43. The fourth-order valence-electron chi connectivity index (χ4n) is 3.43. The zero-order valence-electron chi connectivity index (χ0n) is 15.2. The number of hydrogen-bond acceptors (Lipinski definition) is 5. The van der Waals surface area contributed by atoms with Crippen LogP contribution in [0, 0.1) is 0 Å². The summed E-state index contributed by atoms with van der Waals surface area (Å²) in [5.41, 5.74) is 1.94. The fraction of sp³-hybridized carbons (Fsp3) is 0.238. The van der Waals surface area contributed by atoms with Crippen molar-refractivity contribution < 1.29 is 18.7 Å². The molecule has 27 heavy (non-hydrogen) atoms. The summed E-state index contributed by atoms with van der Waals surface area (Å²) in [6, 6.07) is 12.7. The summed E-state index contributed by atoms with van der Waals surface area (Å²) in [5.74, 6) is 0.942. The third-order valence-corrected chi connectivity index (χ3v) is 4.89. The Morgan fingerprint density at radius 3 is 2.70 bits per heavy atom. The van der Waals surface area contributed by atoms with Crippen LogP contribution in [-0.2, 0) is 13.0 Å². The number of ether oxygens (including phenoxy) is 2. The Hall–Kier alpha value is -3.28. The molecule has 2 heterocycles. The van der Waals surface area contributed by atoms with Crippen LogP contribution < -0.4 is 15.1 Å². The minimum absolute atomic E-state index is 0.0349. The average molecular weight is 365 g/mol. The standard InChI is InChI=1S/C21H19NO5/c1-25-16-7-6-15-12-22(9-8-13(15)10-16)20(23)17-11-14-4-3-5-18(26-2)19(14)27-21(17)24/h3-7,10-11H,8-9,12H2,1-2H3. The van der Waals surface area contributed by atoms with Crippen molar-refractivity contribution in [3.63, 3.8) is 0 Å². The molecule has 0 aliphatic carbocycles. The molecule has 0 radical (unpaired) electrons. The van der Waals surface area contributed by atoms with Crippen LogP contribution in [0.5, 0.6) is 11.5 Å². The Morgan fingerprint density at radius 2 is 1.93 bits per heavy atom. The molecule has 6 heteroatoms. The molecule has 0 saturated heterocycles. The SMILES string of the molecule is COc1ccc2c(c1)CCN(C(=O)c1cc3cccc(OC)c3oc1=O)C2. The van der Waals surface area contributed by atoms with Crippen molar-refractivity contribution in [1.82, 2.24) is 4.90 Å². The molecule has 1 aromatic heterocycles. The molecule has 138 valence electrons. The third-order valence-electron chi connectivity index (χ3n) is 4.89. The summed E-state index contributed by atoms with van der Waals surface area (Å²) in [6.07, 6.45) is 0.713. The van der Waals surface area contributed by atoms with Gasteiger partial charge in [0.25, 0.3) is 5.91 Å². The maximum Gasteiger partial charge on any atom is 0.349 e. The molecule has 1 amide bonds. The van der Waals surface area contributed by atoms with Gasteiger partial charge in [-0.3, -0.25) is 4.79 Å². The van der Waals surface area contributed by atoms with Gasteiger partial charge in [-0.1, -0.05) is 18.2 Å². The van der Waals surface area contributed by atoms with Gasteiger partial charge in [0.1, 0.15) is 11.3 Å². The first-order valence-electron chi connectivity index (χ1n) is 8.66. The van der Waals surface area contributed by atoms with Crippen LogP contribution in [0.2, 0.25) is 0 Å². The summed E-state index contributed by atoms with van der Waals surface area (Å²) in [7, 11) is 3.14. The summed E-state index contributed by atoms with van der Waals surface area (Å²) >= 11 is 0. The number of amides is 1. The molecule has 0 spiro atoms. The number of methoxy groups -OCH3 is 2. The lowest BCUT2D eigenvalue weighted by atomic mass is 9.99. The number of para-hydroxylation sites is 1. The lowest BCUT2D eigenvalue weighted by molar-refractivity contribution is 0.0730. The Labute approximate surface area is 155 Å². The van der Waals surface area contributed by atoms with E-state index in [4.69, 9.17) is 13.9 Å². The topological polar surface area (TPSA) is 69.0 Å². The van der Waals surface area contributed by atoms with Crippen molar-refractivity contribution in [3.05, 3.63) is 69.6 Å². The predicted octanol–water partition coefficient (Wildman–Crippen LogP) is 3.01. The molecule has 0 saturated carbocycles. The van der Waals surface area contributed by atoms with Crippen molar-refractivity contribution in [1.29, 1.82) is 0 Å². The van der Waals surface area contributed by atoms with E-state index in [9.17, 15) is 9.59 Å². The molecule has 6 nitrogen and oxygen atoms in total. The largest absolute Gasteiger partial charge is 0.497 e. The molecule has 0 atom stereocenters. The second-order valence-corrected chi connectivity index (χ2v) is 6.44. The first-order chi connectivity index (χ1) is 13.1. The highest BCUT2D eigenvalue weighted by Crippen LogP contribution is 2.27. The highest BCUT2D eigenvalue weighted by molar-refractivity contribution is 5.97. The van der Waals surface area contributed by atoms with Gasteiger partial charge >= 0.3 is 5.63 Å². The number of carbonyl (C=O) groups is 1. The van der Waals surface area contributed by atoms with E-state index < -0.39 is 5.63 Å². The number of fused-ring (bicyclic) bond motifs is 2. The van der Waals surface area contributed by atoms with E-state index in [0.717, 1.165) is 16.9 Å². The van der Waals surface area contributed by atoms with Gasteiger partial charge in [0, 0.05) is 18.5 Å². The third kappa shape index (κ3) is 3.03. The zero-order valence-corrected chi connectivity index (χ0v) is 15.2. The van der Waals surface area contributed by atoms with E-state index in [1.165, 1.54) is 7.11 Å². The van der Waals surface area contributed by atoms with Gasteiger partial charge in [0.15, 0.2) is 11.3 Å². The van der Waals surface area contributed by atoms with Crippen LogP contribution in [0.25, 0.3) is 11.0 Å². The number of carbonyl (C=O) groups excluding carboxylic acids is 1. The van der Waals surface area contributed by atoms with Gasteiger partial charge in [-0.25, -0.2) is 4.79 Å². The van der Waals surface area contributed by atoms with Gasteiger partial charge in [-0.15, -0.1) is 0 Å². The molecule has 3 aromatic rings. The first kappa shape index (κ1) is 17.1. The summed E-state index contributed by atoms with van der Waals surface area (Å²) in [5, 5.41) is 0.652. The van der Waals surface area contributed by atoms with Crippen LogP contribution in [-0.4, -0.2) is 31.6 Å². The quantitative estimate of drug-likeness (QED) is 0.668. The zero-order chi connectivity index (χ0) is 19.0. The van der Waals surface area contributed by atoms with Crippen molar-refractivity contribution in [2.24, 2.45) is 0 Å². The molecule has 2 aromatic carbocycles. The van der Waals surface area contributed by atoms with Crippen LogP contribution in [0.1, 0.15) is 21.5 Å². The minimum atomic E-state index is -0.655. The number of nitrogens with zero attached hydrogens (tertiary/aromatic N) is 1. The first-order valence-corrected chi connectivity index (χ1v) is 8.66. The molecule has 0 unspecified atom stereocenters. The number of rotatable bonds is 3.